The van der Waals surface area contributed by atoms with Crippen LogP contribution in [0, 0.1) is 5.82 Å². The molecule has 2 aromatic rings. The first-order valence-corrected chi connectivity index (χ1v) is 6.76. The van der Waals surface area contributed by atoms with Gasteiger partial charge in [0.25, 0.3) is 0 Å². The number of alkyl halides is 3. The summed E-state index contributed by atoms with van der Waals surface area (Å²) in [6.45, 7) is 0. The maximum absolute atomic E-state index is 13.5. The fraction of sp³-hybridized carbons (Fsp3) is 0.0625. The molecule has 0 aliphatic rings. The summed E-state index contributed by atoms with van der Waals surface area (Å²) in [4.78, 5) is 11.8. The third-order valence-corrected chi connectivity index (χ3v) is 3.22. The van der Waals surface area contributed by atoms with Crippen molar-refractivity contribution >= 4 is 29.3 Å². The number of carbonyl (C=O) groups excluding carboxylic acids is 1. The average Bonchev–Trinajstić information content (AvgIpc) is 2.46. The number of carbonyl (C=O) groups is 1. The van der Waals surface area contributed by atoms with E-state index in [1.54, 1.807) is 0 Å². The molecule has 0 radical (unpaired) electrons. The summed E-state index contributed by atoms with van der Waals surface area (Å²) in [7, 11) is 0. The molecule has 0 aliphatic heterocycles. The Labute approximate surface area is 134 Å². The van der Waals surface area contributed by atoms with Crippen molar-refractivity contribution in [2.75, 3.05) is 5.32 Å². The number of amides is 1. The van der Waals surface area contributed by atoms with Crippen LogP contribution in [-0.2, 0) is 11.0 Å². The number of hydrogen-bond donors (Lipinski definition) is 1. The van der Waals surface area contributed by atoms with Crippen molar-refractivity contribution in [1.82, 2.24) is 0 Å². The van der Waals surface area contributed by atoms with E-state index < -0.39 is 23.5 Å². The topological polar surface area (TPSA) is 29.1 Å². The van der Waals surface area contributed by atoms with Crippen molar-refractivity contribution in [3.05, 3.63) is 70.5 Å². The summed E-state index contributed by atoms with van der Waals surface area (Å²) in [5.74, 6) is -1.47. The first-order valence-electron chi connectivity index (χ1n) is 6.38. The first-order chi connectivity index (χ1) is 10.8. The van der Waals surface area contributed by atoms with Crippen molar-refractivity contribution in [3.63, 3.8) is 0 Å². The van der Waals surface area contributed by atoms with E-state index in [4.69, 9.17) is 11.6 Å². The molecule has 0 fully saturated rings. The second-order valence-corrected chi connectivity index (χ2v) is 4.91. The highest BCUT2D eigenvalue weighted by Crippen LogP contribution is 2.34. The second kappa shape index (κ2) is 6.83. The zero-order valence-corrected chi connectivity index (χ0v) is 12.3. The van der Waals surface area contributed by atoms with Gasteiger partial charge in [-0.05, 0) is 30.3 Å². The highest BCUT2D eigenvalue weighted by molar-refractivity contribution is 6.32. The Balaban J connectivity index is 2.20. The van der Waals surface area contributed by atoms with Gasteiger partial charge in [-0.1, -0.05) is 29.8 Å². The third kappa shape index (κ3) is 4.32. The molecule has 1 N–H and O–H groups in total. The highest BCUT2D eigenvalue weighted by Gasteiger charge is 2.33. The molecule has 0 aliphatic carbocycles. The summed E-state index contributed by atoms with van der Waals surface area (Å²) in [5.41, 5.74) is -1.37. The van der Waals surface area contributed by atoms with Crippen molar-refractivity contribution < 1.29 is 22.4 Å². The van der Waals surface area contributed by atoms with Gasteiger partial charge in [-0.2, -0.15) is 13.2 Å². The second-order valence-electron chi connectivity index (χ2n) is 4.50. The molecule has 120 valence electrons. The zero-order valence-electron chi connectivity index (χ0n) is 11.5. The summed E-state index contributed by atoms with van der Waals surface area (Å²) in [5, 5.41) is 2.20. The summed E-state index contributed by atoms with van der Waals surface area (Å²) < 4.78 is 52.0. The Morgan fingerprint density at radius 2 is 1.78 bits per heavy atom. The molecule has 0 saturated carbocycles. The number of nitrogens with one attached hydrogen (secondary N) is 1. The molecule has 2 aromatic carbocycles. The number of para-hydroxylation sites is 1. The van der Waals surface area contributed by atoms with Gasteiger partial charge in [0, 0.05) is 11.6 Å². The minimum Gasteiger partial charge on any atom is -0.322 e. The molecular formula is C16H10ClF4NO. The number of anilines is 1. The van der Waals surface area contributed by atoms with Crippen molar-refractivity contribution in [2.45, 2.75) is 6.18 Å². The number of hydrogen-bond acceptors (Lipinski definition) is 1. The smallest absolute Gasteiger partial charge is 0.322 e. The highest BCUT2D eigenvalue weighted by atomic mass is 35.5. The van der Waals surface area contributed by atoms with Gasteiger partial charge in [0.15, 0.2) is 0 Å². The van der Waals surface area contributed by atoms with Gasteiger partial charge in [-0.3, -0.25) is 4.79 Å². The third-order valence-electron chi connectivity index (χ3n) is 2.89. The van der Waals surface area contributed by atoms with Gasteiger partial charge in [0.2, 0.25) is 5.91 Å². The van der Waals surface area contributed by atoms with E-state index in [1.165, 1.54) is 24.3 Å². The van der Waals surface area contributed by atoms with Crippen molar-refractivity contribution in [3.8, 4) is 0 Å². The van der Waals surface area contributed by atoms with Crippen LogP contribution >= 0.6 is 11.6 Å². The lowest BCUT2D eigenvalue weighted by atomic mass is 10.1. The van der Waals surface area contributed by atoms with Gasteiger partial charge in [-0.15, -0.1) is 0 Å². The fourth-order valence-electron chi connectivity index (χ4n) is 1.84. The lowest BCUT2D eigenvalue weighted by Crippen LogP contribution is -2.14. The van der Waals surface area contributed by atoms with Crippen molar-refractivity contribution in [1.29, 1.82) is 0 Å². The van der Waals surface area contributed by atoms with E-state index in [0.717, 1.165) is 30.4 Å². The van der Waals surface area contributed by atoms with Crippen molar-refractivity contribution in [2.24, 2.45) is 0 Å². The van der Waals surface area contributed by atoms with E-state index in [1.807, 2.05) is 0 Å². The Hall–Kier alpha value is -2.34. The van der Waals surface area contributed by atoms with Crippen LogP contribution in [-0.4, -0.2) is 5.91 Å². The normalized spacial score (nSPS) is 11.7. The van der Waals surface area contributed by atoms with E-state index in [9.17, 15) is 22.4 Å². The molecule has 0 bridgehead atoms. The lowest BCUT2D eigenvalue weighted by molar-refractivity contribution is -0.136. The molecule has 1 amide bonds. The van der Waals surface area contributed by atoms with Crippen LogP contribution in [0.3, 0.4) is 0 Å². The minimum absolute atomic E-state index is 0.0200. The van der Waals surface area contributed by atoms with Gasteiger partial charge < -0.3 is 5.32 Å². The minimum atomic E-state index is -4.59. The number of rotatable bonds is 3. The maximum atomic E-state index is 13.5. The Kier molecular flexibility index (Phi) is 5.05. The fourth-order valence-corrected chi connectivity index (χ4v) is 2.07. The summed E-state index contributed by atoms with van der Waals surface area (Å²) in [6.07, 6.45) is -2.58. The molecule has 0 heterocycles. The van der Waals surface area contributed by atoms with Gasteiger partial charge in [0.1, 0.15) is 5.82 Å². The Morgan fingerprint density at radius 3 is 2.43 bits per heavy atom. The van der Waals surface area contributed by atoms with Crippen LogP contribution in [0.4, 0.5) is 23.2 Å². The first kappa shape index (κ1) is 17.0. The average molecular weight is 344 g/mol. The predicted octanol–water partition coefficient (Wildman–Crippen LogP) is 5.15. The van der Waals surface area contributed by atoms with E-state index in [0.29, 0.717) is 0 Å². The zero-order chi connectivity index (χ0) is 17.0. The molecule has 0 saturated heterocycles. The largest absolute Gasteiger partial charge is 0.418 e. The Morgan fingerprint density at radius 1 is 1.09 bits per heavy atom. The molecule has 7 heteroatoms. The summed E-state index contributed by atoms with van der Waals surface area (Å²) in [6, 6.07) is 8.55. The van der Waals surface area contributed by atoms with Crippen LogP contribution in [0.5, 0.6) is 0 Å². The predicted molar refractivity (Wildman–Crippen MR) is 80.5 cm³/mol. The lowest BCUT2D eigenvalue weighted by Gasteiger charge is -2.12. The molecule has 0 spiro atoms. The molecule has 2 nitrogen and oxygen atoms in total. The monoisotopic (exact) mass is 343 g/mol. The number of benzene rings is 2. The molecule has 0 atom stereocenters. The molecular weight excluding hydrogens is 334 g/mol. The van der Waals surface area contributed by atoms with E-state index in [2.05, 4.69) is 5.32 Å². The molecule has 0 aromatic heterocycles. The van der Waals surface area contributed by atoms with E-state index in [-0.39, 0.29) is 16.3 Å². The van der Waals surface area contributed by atoms with Crippen LogP contribution in [0.2, 0.25) is 5.02 Å². The maximum Gasteiger partial charge on any atom is 0.418 e. The molecule has 2 rings (SSSR count). The van der Waals surface area contributed by atoms with E-state index >= 15 is 0 Å². The van der Waals surface area contributed by atoms with Gasteiger partial charge >= 0.3 is 6.18 Å². The molecule has 0 unspecified atom stereocenters. The number of halogens is 5. The molecule has 23 heavy (non-hydrogen) atoms. The van der Waals surface area contributed by atoms with Crippen LogP contribution < -0.4 is 5.32 Å². The van der Waals surface area contributed by atoms with Gasteiger partial charge in [-0.25, -0.2) is 4.39 Å². The summed E-state index contributed by atoms with van der Waals surface area (Å²) >= 11 is 5.79. The SMILES string of the molecule is O=C(C=Cc1c(F)cccc1Cl)Nc1ccccc1C(F)(F)F. The van der Waals surface area contributed by atoms with Crippen LogP contribution in [0.15, 0.2) is 48.5 Å². The van der Waals surface area contributed by atoms with Crippen LogP contribution in [0.1, 0.15) is 11.1 Å². The standard InChI is InChI=1S/C16H10ClF4NO/c17-12-5-3-6-13(18)10(12)8-9-15(23)22-14-7-2-1-4-11(14)16(19,20)21/h1-9H,(H,22,23). The van der Waals surface area contributed by atoms with Crippen LogP contribution in [0.25, 0.3) is 6.08 Å². The van der Waals surface area contributed by atoms with Gasteiger partial charge in [0.05, 0.1) is 16.3 Å². The quantitative estimate of drug-likeness (QED) is 0.606. The Bertz CT molecular complexity index is 736.